The van der Waals surface area contributed by atoms with E-state index in [0.717, 1.165) is 24.3 Å². The normalized spacial score (nSPS) is 27.2. The molecular formula is C17H25N5. The third-order valence-electron chi connectivity index (χ3n) is 5.35. The smallest absolute Gasteiger partial charge is 0.160 e. The number of fused-ring (bicyclic) bond motifs is 1. The minimum Gasteiger partial charge on any atom is -0.307 e. The Hall–Kier alpha value is -1.46. The molecule has 2 aromatic rings. The van der Waals surface area contributed by atoms with Crippen molar-refractivity contribution in [3.63, 3.8) is 0 Å². The standard InChI is InChI=1S/C17H25N5/c1-3-21-11-8-13(12-21)22-16-14(6-4-9-18-16)19-17(22)15-7-5-10-20(15)2/h4,6,9,13,15H,3,5,7-8,10-12H2,1-2H3. The number of rotatable bonds is 3. The van der Waals surface area contributed by atoms with Gasteiger partial charge in [0.25, 0.3) is 0 Å². The van der Waals surface area contributed by atoms with Gasteiger partial charge >= 0.3 is 0 Å². The first-order chi connectivity index (χ1) is 10.8. The molecule has 0 radical (unpaired) electrons. The maximum Gasteiger partial charge on any atom is 0.160 e. The molecule has 0 N–H and O–H groups in total. The van der Waals surface area contributed by atoms with Gasteiger partial charge in [0.15, 0.2) is 5.65 Å². The number of nitrogens with zero attached hydrogens (tertiary/aromatic N) is 5. The molecule has 2 aliphatic heterocycles. The van der Waals surface area contributed by atoms with Gasteiger partial charge in [0, 0.05) is 19.3 Å². The van der Waals surface area contributed by atoms with Crippen LogP contribution in [-0.4, -0.2) is 57.6 Å². The minimum absolute atomic E-state index is 0.449. The Morgan fingerprint density at radius 1 is 1.27 bits per heavy atom. The Labute approximate surface area is 131 Å². The average Bonchev–Trinajstić information content (AvgIpc) is 3.23. The molecule has 2 unspecified atom stereocenters. The lowest BCUT2D eigenvalue weighted by Gasteiger charge is -2.23. The van der Waals surface area contributed by atoms with E-state index in [1.807, 2.05) is 12.3 Å². The number of likely N-dealkylation sites (tertiary alicyclic amines) is 2. The van der Waals surface area contributed by atoms with Crippen LogP contribution in [0.3, 0.4) is 0 Å². The van der Waals surface area contributed by atoms with Crippen LogP contribution in [0, 0.1) is 0 Å². The quantitative estimate of drug-likeness (QED) is 0.872. The molecule has 2 aromatic heterocycles. The second-order valence-electron chi connectivity index (χ2n) is 6.66. The molecule has 0 spiro atoms. The topological polar surface area (TPSA) is 37.2 Å². The van der Waals surface area contributed by atoms with Crippen molar-refractivity contribution in [2.45, 2.75) is 38.3 Å². The van der Waals surface area contributed by atoms with Crippen molar-refractivity contribution < 1.29 is 0 Å². The first-order valence-electron chi connectivity index (χ1n) is 8.53. The first-order valence-corrected chi connectivity index (χ1v) is 8.53. The number of aromatic nitrogens is 3. The van der Waals surface area contributed by atoms with E-state index in [1.165, 1.54) is 38.2 Å². The number of hydrogen-bond donors (Lipinski definition) is 0. The summed E-state index contributed by atoms with van der Waals surface area (Å²) in [7, 11) is 2.22. The van der Waals surface area contributed by atoms with Crippen LogP contribution < -0.4 is 0 Å². The summed E-state index contributed by atoms with van der Waals surface area (Å²) in [4.78, 5) is 14.6. The third-order valence-corrected chi connectivity index (χ3v) is 5.35. The van der Waals surface area contributed by atoms with Gasteiger partial charge in [0.2, 0.25) is 0 Å². The molecule has 4 rings (SSSR count). The predicted molar refractivity (Wildman–Crippen MR) is 87.9 cm³/mol. The summed E-state index contributed by atoms with van der Waals surface area (Å²) in [5, 5.41) is 0. The molecule has 5 heteroatoms. The maximum atomic E-state index is 4.98. The molecule has 118 valence electrons. The summed E-state index contributed by atoms with van der Waals surface area (Å²) in [6, 6.07) is 5.06. The van der Waals surface area contributed by atoms with Crippen LogP contribution in [-0.2, 0) is 0 Å². The monoisotopic (exact) mass is 299 g/mol. The highest BCUT2D eigenvalue weighted by Gasteiger charge is 2.33. The zero-order valence-electron chi connectivity index (χ0n) is 13.6. The summed E-state index contributed by atoms with van der Waals surface area (Å²) in [6.07, 6.45) is 5.59. The molecule has 0 bridgehead atoms. The SMILES string of the molecule is CCN1CCC(n2c(C3CCCN3C)nc3cccnc32)C1. The maximum absolute atomic E-state index is 4.98. The highest BCUT2D eigenvalue weighted by molar-refractivity contribution is 5.71. The van der Waals surface area contributed by atoms with E-state index in [2.05, 4.69) is 39.4 Å². The van der Waals surface area contributed by atoms with Crippen LogP contribution in [0.25, 0.3) is 11.2 Å². The van der Waals surface area contributed by atoms with Gasteiger partial charge in [-0.15, -0.1) is 0 Å². The number of pyridine rings is 1. The van der Waals surface area contributed by atoms with Gasteiger partial charge in [-0.1, -0.05) is 6.92 Å². The third kappa shape index (κ3) is 2.23. The van der Waals surface area contributed by atoms with Crippen molar-refractivity contribution in [2.75, 3.05) is 33.2 Å². The fourth-order valence-corrected chi connectivity index (χ4v) is 4.09. The van der Waals surface area contributed by atoms with Gasteiger partial charge in [0.1, 0.15) is 11.3 Å². The molecule has 5 nitrogen and oxygen atoms in total. The lowest BCUT2D eigenvalue weighted by atomic mass is 10.2. The molecule has 2 saturated heterocycles. The largest absolute Gasteiger partial charge is 0.307 e. The lowest BCUT2D eigenvalue weighted by Crippen LogP contribution is -2.25. The van der Waals surface area contributed by atoms with Crippen molar-refractivity contribution >= 4 is 11.2 Å². The van der Waals surface area contributed by atoms with E-state index in [-0.39, 0.29) is 0 Å². The summed E-state index contributed by atoms with van der Waals surface area (Å²) in [5.74, 6) is 1.23. The minimum atomic E-state index is 0.449. The van der Waals surface area contributed by atoms with Gasteiger partial charge in [-0.05, 0) is 51.5 Å². The summed E-state index contributed by atoms with van der Waals surface area (Å²) in [6.45, 7) is 6.87. The van der Waals surface area contributed by atoms with Crippen LogP contribution in [0.5, 0.6) is 0 Å². The first kappa shape index (κ1) is 14.2. The molecule has 0 aliphatic carbocycles. The molecule has 22 heavy (non-hydrogen) atoms. The zero-order chi connectivity index (χ0) is 15.1. The molecule has 0 saturated carbocycles. The number of imidazole rings is 1. The summed E-state index contributed by atoms with van der Waals surface area (Å²) >= 11 is 0. The molecular weight excluding hydrogens is 274 g/mol. The van der Waals surface area contributed by atoms with E-state index in [4.69, 9.17) is 4.98 Å². The van der Waals surface area contributed by atoms with Gasteiger partial charge < -0.3 is 9.47 Å². The number of hydrogen-bond acceptors (Lipinski definition) is 4. The fraction of sp³-hybridized carbons (Fsp3) is 0.647. The van der Waals surface area contributed by atoms with E-state index in [1.54, 1.807) is 0 Å². The van der Waals surface area contributed by atoms with E-state index >= 15 is 0 Å². The van der Waals surface area contributed by atoms with Crippen molar-refractivity contribution in [1.29, 1.82) is 0 Å². The molecule has 2 aliphatic rings. The Morgan fingerprint density at radius 2 is 2.18 bits per heavy atom. The second kappa shape index (κ2) is 5.63. The second-order valence-corrected chi connectivity index (χ2v) is 6.66. The highest BCUT2D eigenvalue weighted by atomic mass is 15.3. The van der Waals surface area contributed by atoms with Crippen LogP contribution in [0.2, 0.25) is 0 Å². The van der Waals surface area contributed by atoms with Crippen molar-refractivity contribution in [1.82, 2.24) is 24.3 Å². The Morgan fingerprint density at radius 3 is 2.91 bits per heavy atom. The fourth-order valence-electron chi connectivity index (χ4n) is 4.09. The van der Waals surface area contributed by atoms with Crippen LogP contribution in [0.15, 0.2) is 18.3 Å². The van der Waals surface area contributed by atoms with Gasteiger partial charge in [-0.25, -0.2) is 9.97 Å². The zero-order valence-corrected chi connectivity index (χ0v) is 13.6. The molecule has 0 aromatic carbocycles. The molecule has 2 fully saturated rings. The Kier molecular flexibility index (Phi) is 3.62. The van der Waals surface area contributed by atoms with Gasteiger partial charge in [-0.2, -0.15) is 0 Å². The van der Waals surface area contributed by atoms with Crippen LogP contribution in [0.1, 0.15) is 44.1 Å². The summed E-state index contributed by atoms with van der Waals surface area (Å²) < 4.78 is 2.46. The van der Waals surface area contributed by atoms with Gasteiger partial charge in [-0.3, -0.25) is 4.90 Å². The Bertz CT molecular complexity index is 664. The predicted octanol–water partition coefficient (Wildman–Crippen LogP) is 2.46. The lowest BCUT2D eigenvalue weighted by molar-refractivity contribution is 0.289. The van der Waals surface area contributed by atoms with Crippen molar-refractivity contribution in [2.24, 2.45) is 0 Å². The van der Waals surface area contributed by atoms with Crippen molar-refractivity contribution in [3.8, 4) is 0 Å². The number of likely N-dealkylation sites (N-methyl/N-ethyl adjacent to an activating group) is 1. The highest BCUT2D eigenvalue weighted by Crippen LogP contribution is 2.35. The molecule has 4 heterocycles. The van der Waals surface area contributed by atoms with Crippen LogP contribution in [0.4, 0.5) is 0 Å². The van der Waals surface area contributed by atoms with Crippen LogP contribution >= 0.6 is 0 Å². The van der Waals surface area contributed by atoms with Gasteiger partial charge in [0.05, 0.1) is 12.1 Å². The summed E-state index contributed by atoms with van der Waals surface area (Å²) in [5.41, 5.74) is 2.12. The Balaban J connectivity index is 1.80. The van der Waals surface area contributed by atoms with Crippen molar-refractivity contribution in [3.05, 3.63) is 24.2 Å². The van der Waals surface area contributed by atoms with E-state index < -0.39 is 0 Å². The molecule has 2 atom stereocenters. The molecule has 0 amide bonds. The van der Waals surface area contributed by atoms with E-state index in [9.17, 15) is 0 Å². The average molecular weight is 299 g/mol. The van der Waals surface area contributed by atoms with E-state index in [0.29, 0.717) is 12.1 Å².